The molecular formula is C15H28O. The molecular weight excluding hydrogens is 196 g/mol. The van der Waals surface area contributed by atoms with Gasteiger partial charge in [-0.15, -0.1) is 0 Å². The molecule has 1 saturated carbocycles. The third kappa shape index (κ3) is 4.27. The Kier molecular flexibility index (Phi) is 6.08. The third-order valence-corrected chi connectivity index (χ3v) is 4.25. The molecule has 0 radical (unpaired) electrons. The van der Waals surface area contributed by atoms with Gasteiger partial charge in [-0.25, -0.2) is 0 Å². The summed E-state index contributed by atoms with van der Waals surface area (Å²) in [5.41, 5.74) is 0. The molecule has 1 heteroatoms. The highest BCUT2D eigenvalue weighted by Gasteiger charge is 2.26. The van der Waals surface area contributed by atoms with Crippen LogP contribution in [0.15, 0.2) is 0 Å². The minimum Gasteiger partial charge on any atom is -0.299 e. The third-order valence-electron chi connectivity index (χ3n) is 4.25. The minimum absolute atomic E-state index is 0.405. The maximum atomic E-state index is 12.0. The molecule has 1 fully saturated rings. The van der Waals surface area contributed by atoms with Crippen molar-refractivity contribution in [2.75, 3.05) is 0 Å². The van der Waals surface area contributed by atoms with Gasteiger partial charge in [-0.05, 0) is 37.5 Å². The lowest BCUT2D eigenvalue weighted by Gasteiger charge is -2.28. The zero-order valence-electron chi connectivity index (χ0n) is 11.3. The smallest absolute Gasteiger partial charge is 0.136 e. The van der Waals surface area contributed by atoms with E-state index in [4.69, 9.17) is 0 Å². The Balaban J connectivity index is 2.27. The lowest BCUT2D eigenvalue weighted by molar-refractivity contribution is -0.124. The van der Waals surface area contributed by atoms with Gasteiger partial charge in [0.1, 0.15) is 5.78 Å². The average Bonchev–Trinajstić information content (AvgIpc) is 2.30. The van der Waals surface area contributed by atoms with E-state index in [1.807, 2.05) is 0 Å². The Morgan fingerprint density at radius 2 is 1.81 bits per heavy atom. The topological polar surface area (TPSA) is 17.1 Å². The van der Waals surface area contributed by atoms with Crippen molar-refractivity contribution in [1.82, 2.24) is 0 Å². The van der Waals surface area contributed by atoms with Crippen molar-refractivity contribution in [3.8, 4) is 0 Å². The summed E-state index contributed by atoms with van der Waals surface area (Å²) < 4.78 is 0. The van der Waals surface area contributed by atoms with E-state index in [0.29, 0.717) is 17.6 Å². The molecule has 0 bridgehead atoms. The van der Waals surface area contributed by atoms with E-state index in [-0.39, 0.29) is 0 Å². The maximum Gasteiger partial charge on any atom is 0.136 e. The summed E-state index contributed by atoms with van der Waals surface area (Å²) in [7, 11) is 0. The van der Waals surface area contributed by atoms with E-state index in [1.54, 1.807) is 0 Å². The fourth-order valence-corrected chi connectivity index (χ4v) is 2.84. The van der Waals surface area contributed by atoms with Crippen LogP contribution in [0.1, 0.15) is 72.1 Å². The molecule has 1 aliphatic carbocycles. The van der Waals surface area contributed by atoms with Crippen LogP contribution < -0.4 is 0 Å². The van der Waals surface area contributed by atoms with Gasteiger partial charge in [0.25, 0.3) is 0 Å². The van der Waals surface area contributed by atoms with Crippen molar-refractivity contribution >= 4 is 5.78 Å². The monoisotopic (exact) mass is 224 g/mol. The molecule has 0 amide bonds. The summed E-state index contributed by atoms with van der Waals surface area (Å²) in [6.07, 6.45) is 9.55. The van der Waals surface area contributed by atoms with Crippen LogP contribution in [0.2, 0.25) is 0 Å². The van der Waals surface area contributed by atoms with Gasteiger partial charge in [0.05, 0.1) is 0 Å². The van der Waals surface area contributed by atoms with Crippen molar-refractivity contribution in [1.29, 1.82) is 0 Å². The number of ketones is 1. The zero-order chi connectivity index (χ0) is 12.0. The van der Waals surface area contributed by atoms with Crippen LogP contribution in [-0.2, 0) is 4.79 Å². The van der Waals surface area contributed by atoms with Crippen molar-refractivity contribution in [2.45, 2.75) is 72.1 Å². The molecule has 1 nitrogen and oxygen atoms in total. The number of hydrogen-bond donors (Lipinski definition) is 0. The SMILES string of the molecule is CCCC1CCC(C(=O)CC(C)CC)CC1. The van der Waals surface area contributed by atoms with Gasteiger partial charge in [-0.2, -0.15) is 0 Å². The van der Waals surface area contributed by atoms with E-state index < -0.39 is 0 Å². The van der Waals surface area contributed by atoms with Gasteiger partial charge < -0.3 is 0 Å². The van der Waals surface area contributed by atoms with Gasteiger partial charge >= 0.3 is 0 Å². The first kappa shape index (κ1) is 13.7. The molecule has 0 heterocycles. The standard InChI is InChI=1S/C15H28O/c1-4-6-13-7-9-14(10-8-13)15(16)11-12(3)5-2/h12-14H,4-11H2,1-3H3. The molecule has 16 heavy (non-hydrogen) atoms. The maximum absolute atomic E-state index is 12.0. The minimum atomic E-state index is 0.405. The Hall–Kier alpha value is -0.330. The number of carbonyl (C=O) groups excluding carboxylic acids is 1. The largest absolute Gasteiger partial charge is 0.299 e. The van der Waals surface area contributed by atoms with E-state index in [0.717, 1.165) is 18.8 Å². The first-order valence-corrected chi connectivity index (χ1v) is 7.20. The van der Waals surface area contributed by atoms with Gasteiger partial charge in [-0.3, -0.25) is 4.79 Å². The molecule has 1 rings (SSSR count). The second kappa shape index (κ2) is 7.09. The number of carbonyl (C=O) groups is 1. The molecule has 1 atom stereocenters. The zero-order valence-corrected chi connectivity index (χ0v) is 11.3. The lowest BCUT2D eigenvalue weighted by atomic mass is 9.77. The molecule has 0 N–H and O–H groups in total. The molecule has 0 saturated heterocycles. The highest BCUT2D eigenvalue weighted by molar-refractivity contribution is 5.81. The number of rotatable bonds is 6. The summed E-state index contributed by atoms with van der Waals surface area (Å²) in [5.74, 6) is 2.45. The summed E-state index contributed by atoms with van der Waals surface area (Å²) in [5, 5.41) is 0. The Labute approximate surface area is 101 Å². The normalized spacial score (nSPS) is 27.7. The van der Waals surface area contributed by atoms with Gasteiger partial charge in [0.2, 0.25) is 0 Å². The quantitative estimate of drug-likeness (QED) is 0.644. The lowest BCUT2D eigenvalue weighted by Crippen LogP contribution is -2.23. The molecule has 1 aliphatic rings. The summed E-state index contributed by atoms with van der Waals surface area (Å²) in [6.45, 7) is 6.64. The Morgan fingerprint density at radius 3 is 2.31 bits per heavy atom. The molecule has 94 valence electrons. The highest BCUT2D eigenvalue weighted by atomic mass is 16.1. The van der Waals surface area contributed by atoms with Crippen molar-refractivity contribution in [3.63, 3.8) is 0 Å². The Bertz CT molecular complexity index is 201. The van der Waals surface area contributed by atoms with Crippen molar-refractivity contribution in [2.24, 2.45) is 17.8 Å². The Morgan fingerprint density at radius 1 is 1.19 bits per heavy atom. The van der Waals surface area contributed by atoms with E-state index >= 15 is 0 Å². The fourth-order valence-electron chi connectivity index (χ4n) is 2.84. The van der Waals surface area contributed by atoms with E-state index in [9.17, 15) is 4.79 Å². The van der Waals surface area contributed by atoms with Crippen LogP contribution >= 0.6 is 0 Å². The summed E-state index contributed by atoms with van der Waals surface area (Å²) in [4.78, 5) is 12.0. The predicted molar refractivity (Wildman–Crippen MR) is 69.4 cm³/mol. The molecule has 1 unspecified atom stereocenters. The second-order valence-electron chi connectivity index (χ2n) is 5.69. The predicted octanol–water partition coefficient (Wildman–Crippen LogP) is 4.60. The van der Waals surface area contributed by atoms with E-state index in [2.05, 4.69) is 20.8 Å². The van der Waals surface area contributed by atoms with Gasteiger partial charge in [0.15, 0.2) is 0 Å². The molecule has 0 aromatic heterocycles. The highest BCUT2D eigenvalue weighted by Crippen LogP contribution is 2.33. The second-order valence-corrected chi connectivity index (χ2v) is 5.69. The first-order valence-electron chi connectivity index (χ1n) is 7.20. The number of Topliss-reactive ketones (excluding diaryl/α,β-unsaturated/α-hetero) is 1. The molecule has 0 spiro atoms. The molecule has 0 aromatic rings. The van der Waals surface area contributed by atoms with Gasteiger partial charge in [-0.1, -0.05) is 40.0 Å². The van der Waals surface area contributed by atoms with Crippen molar-refractivity contribution in [3.05, 3.63) is 0 Å². The summed E-state index contributed by atoms with van der Waals surface area (Å²) in [6, 6.07) is 0. The molecule has 0 aliphatic heterocycles. The van der Waals surface area contributed by atoms with Crippen LogP contribution in [0.4, 0.5) is 0 Å². The van der Waals surface area contributed by atoms with Crippen molar-refractivity contribution < 1.29 is 4.79 Å². The summed E-state index contributed by atoms with van der Waals surface area (Å²) >= 11 is 0. The molecule has 0 aromatic carbocycles. The first-order chi connectivity index (χ1) is 7.67. The van der Waals surface area contributed by atoms with Gasteiger partial charge in [0, 0.05) is 12.3 Å². The van der Waals surface area contributed by atoms with Crippen LogP contribution in [-0.4, -0.2) is 5.78 Å². The van der Waals surface area contributed by atoms with Crippen LogP contribution in [0.25, 0.3) is 0 Å². The van der Waals surface area contributed by atoms with Crippen LogP contribution in [0.5, 0.6) is 0 Å². The van der Waals surface area contributed by atoms with E-state index in [1.165, 1.54) is 38.5 Å². The fraction of sp³-hybridized carbons (Fsp3) is 0.933. The van der Waals surface area contributed by atoms with Crippen LogP contribution in [0, 0.1) is 17.8 Å². The van der Waals surface area contributed by atoms with Crippen LogP contribution in [0.3, 0.4) is 0 Å². The average molecular weight is 224 g/mol. The number of hydrogen-bond acceptors (Lipinski definition) is 1.